The van der Waals surface area contributed by atoms with E-state index < -0.39 is 0 Å². The number of ether oxygens (including phenoxy) is 1. The summed E-state index contributed by atoms with van der Waals surface area (Å²) >= 11 is 0. The number of benzene rings is 1. The first-order valence-corrected chi connectivity index (χ1v) is 10.3. The Morgan fingerprint density at radius 1 is 0.966 bits per heavy atom. The van der Waals surface area contributed by atoms with Gasteiger partial charge in [0.1, 0.15) is 5.76 Å². The molecule has 3 rings (SSSR count). The van der Waals surface area contributed by atoms with Crippen molar-refractivity contribution in [3.63, 3.8) is 0 Å². The van der Waals surface area contributed by atoms with Gasteiger partial charge in [-0.15, -0.1) is 24.0 Å². The van der Waals surface area contributed by atoms with Crippen molar-refractivity contribution in [1.29, 1.82) is 0 Å². The third-order valence-electron chi connectivity index (χ3n) is 4.80. The van der Waals surface area contributed by atoms with Crippen LogP contribution in [0.2, 0.25) is 0 Å². The Labute approximate surface area is 191 Å². The van der Waals surface area contributed by atoms with Crippen LogP contribution in [0.15, 0.2) is 58.1 Å². The number of nitrogens with zero attached hydrogens (tertiary/aromatic N) is 2. The van der Waals surface area contributed by atoms with Gasteiger partial charge in [0, 0.05) is 45.7 Å². The Morgan fingerprint density at radius 3 is 2.52 bits per heavy atom. The maximum absolute atomic E-state index is 5.41. The molecule has 2 aromatic rings. The fraction of sp³-hybridized carbons (Fsp3) is 0.500. The molecule has 0 aliphatic carbocycles. The lowest BCUT2D eigenvalue weighted by Gasteiger charge is -2.26. The molecule has 1 fully saturated rings. The molecule has 1 saturated heterocycles. The van der Waals surface area contributed by atoms with Crippen LogP contribution in [0.5, 0.6) is 0 Å². The van der Waals surface area contributed by atoms with E-state index in [0.29, 0.717) is 0 Å². The SMILES string of the molecule is I.c1ccc(CCCN=C(NCCc2ccco2)NCCN2CCOCC2)cc1. The number of guanidine groups is 1. The Hall–Kier alpha value is -1.58. The molecule has 1 aromatic carbocycles. The molecule has 0 atom stereocenters. The lowest BCUT2D eigenvalue weighted by atomic mass is 10.1. The summed E-state index contributed by atoms with van der Waals surface area (Å²) in [5.74, 6) is 1.87. The number of morpholine rings is 1. The molecule has 2 N–H and O–H groups in total. The van der Waals surface area contributed by atoms with Gasteiger partial charge in [-0.25, -0.2) is 0 Å². The smallest absolute Gasteiger partial charge is 0.191 e. The highest BCUT2D eigenvalue weighted by atomic mass is 127. The monoisotopic (exact) mass is 512 g/mol. The van der Waals surface area contributed by atoms with E-state index in [1.165, 1.54) is 5.56 Å². The van der Waals surface area contributed by atoms with Crippen LogP contribution in [0.4, 0.5) is 0 Å². The van der Waals surface area contributed by atoms with Gasteiger partial charge < -0.3 is 19.8 Å². The molecule has 2 heterocycles. The van der Waals surface area contributed by atoms with E-state index in [4.69, 9.17) is 14.1 Å². The van der Waals surface area contributed by atoms with Crippen molar-refractivity contribution in [1.82, 2.24) is 15.5 Å². The van der Waals surface area contributed by atoms with Crippen LogP contribution in [0.3, 0.4) is 0 Å². The average molecular weight is 512 g/mol. The minimum atomic E-state index is 0. The normalized spacial score (nSPS) is 15.0. The molecule has 1 aromatic heterocycles. The number of nitrogens with one attached hydrogen (secondary N) is 2. The van der Waals surface area contributed by atoms with Crippen LogP contribution in [-0.4, -0.2) is 63.3 Å². The van der Waals surface area contributed by atoms with Crippen molar-refractivity contribution >= 4 is 29.9 Å². The summed E-state index contributed by atoms with van der Waals surface area (Å²) in [5, 5.41) is 6.90. The summed E-state index contributed by atoms with van der Waals surface area (Å²) < 4.78 is 10.8. The van der Waals surface area contributed by atoms with Gasteiger partial charge in [-0.2, -0.15) is 0 Å². The van der Waals surface area contributed by atoms with E-state index in [0.717, 1.165) is 83.5 Å². The van der Waals surface area contributed by atoms with Gasteiger partial charge in [-0.05, 0) is 30.5 Å². The van der Waals surface area contributed by atoms with Gasteiger partial charge in [0.25, 0.3) is 0 Å². The van der Waals surface area contributed by atoms with Crippen molar-refractivity contribution in [3.8, 4) is 0 Å². The van der Waals surface area contributed by atoms with Crippen LogP contribution < -0.4 is 10.6 Å². The second-order valence-corrected chi connectivity index (χ2v) is 6.96. The number of hydrogen-bond donors (Lipinski definition) is 2. The van der Waals surface area contributed by atoms with Crippen molar-refractivity contribution in [2.24, 2.45) is 4.99 Å². The first-order valence-electron chi connectivity index (χ1n) is 10.3. The van der Waals surface area contributed by atoms with Crippen molar-refractivity contribution in [3.05, 3.63) is 60.1 Å². The summed E-state index contributed by atoms with van der Waals surface area (Å²) in [6.07, 6.45) is 4.66. The highest BCUT2D eigenvalue weighted by molar-refractivity contribution is 14.0. The molecule has 6 nitrogen and oxygen atoms in total. The average Bonchev–Trinajstić information content (AvgIpc) is 3.26. The summed E-state index contributed by atoms with van der Waals surface area (Å²) in [7, 11) is 0. The van der Waals surface area contributed by atoms with E-state index >= 15 is 0 Å². The fourth-order valence-corrected chi connectivity index (χ4v) is 3.21. The van der Waals surface area contributed by atoms with Crippen molar-refractivity contribution in [2.45, 2.75) is 19.3 Å². The maximum atomic E-state index is 5.41. The zero-order valence-corrected chi connectivity index (χ0v) is 19.3. The maximum Gasteiger partial charge on any atom is 0.191 e. The number of aliphatic imine (C=N–C) groups is 1. The number of aryl methyl sites for hydroxylation is 1. The molecule has 0 saturated carbocycles. The number of hydrogen-bond acceptors (Lipinski definition) is 4. The Morgan fingerprint density at radius 2 is 1.76 bits per heavy atom. The molecule has 1 aliphatic heterocycles. The van der Waals surface area contributed by atoms with Gasteiger partial charge in [-0.3, -0.25) is 9.89 Å². The van der Waals surface area contributed by atoms with Gasteiger partial charge in [-0.1, -0.05) is 30.3 Å². The highest BCUT2D eigenvalue weighted by Gasteiger charge is 2.09. The lowest BCUT2D eigenvalue weighted by Crippen LogP contribution is -2.44. The van der Waals surface area contributed by atoms with Crippen LogP contribution in [0.1, 0.15) is 17.7 Å². The van der Waals surface area contributed by atoms with Crippen LogP contribution >= 0.6 is 24.0 Å². The molecule has 0 spiro atoms. The second-order valence-electron chi connectivity index (χ2n) is 6.96. The molecule has 0 bridgehead atoms. The van der Waals surface area contributed by atoms with E-state index in [1.807, 2.05) is 12.1 Å². The summed E-state index contributed by atoms with van der Waals surface area (Å²) in [4.78, 5) is 7.18. The van der Waals surface area contributed by atoms with Crippen LogP contribution in [-0.2, 0) is 17.6 Å². The van der Waals surface area contributed by atoms with Gasteiger partial charge >= 0.3 is 0 Å². The predicted octanol–water partition coefficient (Wildman–Crippen LogP) is 2.94. The second kappa shape index (κ2) is 14.4. The molecular weight excluding hydrogens is 479 g/mol. The van der Waals surface area contributed by atoms with Crippen molar-refractivity contribution < 1.29 is 9.15 Å². The molecule has 7 heteroatoms. The molecular formula is C22H33IN4O2. The quantitative estimate of drug-likeness (QED) is 0.222. The van der Waals surface area contributed by atoms with E-state index in [9.17, 15) is 0 Å². The predicted molar refractivity (Wildman–Crippen MR) is 128 cm³/mol. The Balaban J connectivity index is 0.00000300. The first-order chi connectivity index (χ1) is 13.9. The van der Waals surface area contributed by atoms with E-state index in [-0.39, 0.29) is 24.0 Å². The minimum absolute atomic E-state index is 0. The van der Waals surface area contributed by atoms with Gasteiger partial charge in [0.15, 0.2) is 5.96 Å². The Bertz CT molecular complexity index is 673. The lowest BCUT2D eigenvalue weighted by molar-refractivity contribution is 0.0389. The topological polar surface area (TPSA) is 62.0 Å². The number of rotatable bonds is 10. The summed E-state index contributed by atoms with van der Waals surface area (Å²) in [6.45, 7) is 7.19. The zero-order chi connectivity index (χ0) is 19.3. The molecule has 160 valence electrons. The largest absolute Gasteiger partial charge is 0.469 e. The molecule has 29 heavy (non-hydrogen) atoms. The fourth-order valence-electron chi connectivity index (χ4n) is 3.21. The van der Waals surface area contributed by atoms with Crippen molar-refractivity contribution in [2.75, 3.05) is 52.5 Å². The number of halogens is 1. The van der Waals surface area contributed by atoms with Gasteiger partial charge in [0.05, 0.1) is 19.5 Å². The first kappa shape index (κ1) is 23.7. The highest BCUT2D eigenvalue weighted by Crippen LogP contribution is 2.02. The number of furan rings is 1. The van der Waals surface area contributed by atoms with Crippen LogP contribution in [0, 0.1) is 0 Å². The zero-order valence-electron chi connectivity index (χ0n) is 17.0. The van der Waals surface area contributed by atoms with E-state index in [1.54, 1.807) is 6.26 Å². The Kier molecular flexibility index (Phi) is 11.8. The third-order valence-corrected chi connectivity index (χ3v) is 4.80. The van der Waals surface area contributed by atoms with E-state index in [2.05, 4.69) is 45.9 Å². The standard InChI is InChI=1S/C22H32N4O2.HI/c1-2-6-20(7-3-1)8-4-11-23-22(24-12-10-21-9-5-17-28-21)25-13-14-26-15-18-27-19-16-26;/h1-3,5-7,9,17H,4,8,10-16,18-19H2,(H2,23,24,25);1H. The van der Waals surface area contributed by atoms with Crippen LogP contribution in [0.25, 0.3) is 0 Å². The van der Waals surface area contributed by atoms with Gasteiger partial charge in [0.2, 0.25) is 0 Å². The summed E-state index contributed by atoms with van der Waals surface area (Å²) in [6, 6.07) is 14.5. The molecule has 1 aliphatic rings. The molecule has 0 radical (unpaired) electrons. The molecule has 0 unspecified atom stereocenters. The minimum Gasteiger partial charge on any atom is -0.469 e. The third kappa shape index (κ3) is 9.64. The molecule has 0 amide bonds. The summed E-state index contributed by atoms with van der Waals surface area (Å²) in [5.41, 5.74) is 1.37.